The number of amides is 1. The van der Waals surface area contributed by atoms with E-state index in [1.54, 1.807) is 18.2 Å². The average molecular weight is 367 g/mol. The summed E-state index contributed by atoms with van der Waals surface area (Å²) in [7, 11) is -4.21. The average Bonchev–Trinajstić information content (AvgIpc) is 3.09. The molecular formula is C17H21NO6S. The van der Waals surface area contributed by atoms with Crippen molar-refractivity contribution >= 4 is 21.7 Å². The number of sulfone groups is 1. The third-order valence-corrected chi connectivity index (χ3v) is 7.63. The van der Waals surface area contributed by atoms with Gasteiger partial charge in [0, 0.05) is 13.1 Å². The lowest BCUT2D eigenvalue weighted by molar-refractivity contribution is -0.149. The number of hydrogen-bond acceptors (Lipinski definition) is 5. The molecular weight excluding hydrogens is 346 g/mol. The van der Waals surface area contributed by atoms with Crippen LogP contribution in [0.1, 0.15) is 19.3 Å². The number of aliphatic carboxylic acids is 1. The summed E-state index contributed by atoms with van der Waals surface area (Å²) in [5.74, 6) is -2.92. The van der Waals surface area contributed by atoms with Gasteiger partial charge in [-0.2, -0.15) is 0 Å². The minimum Gasteiger partial charge on any atom is -0.480 e. The molecule has 2 aliphatic rings. The van der Waals surface area contributed by atoms with Crippen molar-refractivity contribution in [3.63, 3.8) is 0 Å². The van der Waals surface area contributed by atoms with Crippen molar-refractivity contribution in [3.8, 4) is 0 Å². The van der Waals surface area contributed by atoms with E-state index in [2.05, 4.69) is 0 Å². The van der Waals surface area contributed by atoms with Crippen LogP contribution in [-0.4, -0.2) is 61.4 Å². The van der Waals surface area contributed by atoms with Gasteiger partial charge in [0.15, 0.2) is 14.6 Å². The van der Waals surface area contributed by atoms with Crippen LogP contribution in [-0.2, 0) is 24.2 Å². The van der Waals surface area contributed by atoms with Crippen molar-refractivity contribution in [1.82, 2.24) is 4.90 Å². The van der Waals surface area contributed by atoms with Crippen molar-refractivity contribution in [1.29, 1.82) is 0 Å². The zero-order chi connectivity index (χ0) is 18.1. The van der Waals surface area contributed by atoms with Gasteiger partial charge in [0.1, 0.15) is 0 Å². The van der Waals surface area contributed by atoms with E-state index in [4.69, 9.17) is 4.74 Å². The summed E-state index contributed by atoms with van der Waals surface area (Å²) < 4.78 is 29.6. The van der Waals surface area contributed by atoms with E-state index in [1.165, 1.54) is 17.0 Å². The van der Waals surface area contributed by atoms with E-state index < -0.39 is 32.4 Å². The lowest BCUT2D eigenvalue weighted by atomic mass is 9.93. The largest absolute Gasteiger partial charge is 0.480 e. The first kappa shape index (κ1) is 17.9. The van der Waals surface area contributed by atoms with Gasteiger partial charge in [0.05, 0.1) is 24.0 Å². The van der Waals surface area contributed by atoms with Crippen LogP contribution >= 0.6 is 0 Å². The first-order valence-corrected chi connectivity index (χ1v) is 9.79. The molecule has 1 aromatic rings. The molecule has 136 valence electrons. The molecule has 0 aromatic heterocycles. The normalized spacial score (nSPS) is 27.2. The van der Waals surface area contributed by atoms with Crippen molar-refractivity contribution in [2.75, 3.05) is 26.3 Å². The molecule has 1 saturated carbocycles. The fourth-order valence-corrected chi connectivity index (χ4v) is 5.98. The molecule has 0 bridgehead atoms. The number of ether oxygens (including phenoxy) is 1. The highest BCUT2D eigenvalue weighted by atomic mass is 32.2. The Kier molecular flexibility index (Phi) is 4.83. The zero-order valence-corrected chi connectivity index (χ0v) is 14.6. The lowest BCUT2D eigenvalue weighted by Crippen LogP contribution is -2.56. The summed E-state index contributed by atoms with van der Waals surface area (Å²) in [6.07, 6.45) is 0.591. The highest BCUT2D eigenvalue weighted by Crippen LogP contribution is 2.46. The van der Waals surface area contributed by atoms with Gasteiger partial charge >= 0.3 is 5.97 Å². The lowest BCUT2D eigenvalue weighted by Gasteiger charge is -2.35. The van der Waals surface area contributed by atoms with Crippen LogP contribution in [0, 0.1) is 5.92 Å². The van der Waals surface area contributed by atoms with E-state index in [0.717, 1.165) is 0 Å². The minimum atomic E-state index is -4.21. The van der Waals surface area contributed by atoms with Gasteiger partial charge in [-0.15, -0.1) is 0 Å². The van der Waals surface area contributed by atoms with Gasteiger partial charge in [0.2, 0.25) is 5.91 Å². The van der Waals surface area contributed by atoms with Crippen LogP contribution in [0.5, 0.6) is 0 Å². The fourth-order valence-electron chi connectivity index (χ4n) is 3.81. The maximum atomic E-state index is 13.2. The monoisotopic (exact) mass is 367 g/mol. The molecule has 8 heteroatoms. The molecule has 7 nitrogen and oxygen atoms in total. The third-order valence-electron chi connectivity index (χ3n) is 5.12. The number of carboxylic acid groups (broad SMARTS) is 1. The van der Waals surface area contributed by atoms with Crippen molar-refractivity contribution in [2.24, 2.45) is 5.92 Å². The van der Waals surface area contributed by atoms with E-state index in [1.807, 2.05) is 0 Å². The predicted octanol–water partition coefficient (Wildman–Crippen LogP) is 0.943. The number of carbonyl (C=O) groups is 2. The minimum absolute atomic E-state index is 0.0553. The molecule has 1 aliphatic heterocycles. The highest BCUT2D eigenvalue weighted by molar-refractivity contribution is 7.93. The van der Waals surface area contributed by atoms with Gasteiger partial charge in [-0.25, -0.2) is 8.42 Å². The Bertz CT molecular complexity index is 757. The topological polar surface area (TPSA) is 101 Å². The van der Waals surface area contributed by atoms with Crippen LogP contribution < -0.4 is 0 Å². The molecule has 0 radical (unpaired) electrons. The molecule has 1 heterocycles. The second-order valence-corrected chi connectivity index (χ2v) is 8.60. The second kappa shape index (κ2) is 6.76. The summed E-state index contributed by atoms with van der Waals surface area (Å²) >= 11 is 0. The molecule has 0 unspecified atom stereocenters. The number of hydrogen-bond donors (Lipinski definition) is 1. The molecule has 1 N–H and O–H groups in total. The quantitative estimate of drug-likeness (QED) is 0.850. The number of rotatable bonds is 4. The standard InChI is InChI=1S/C17H21NO6S/c19-15(18-9-11-24-12-10-18)14-7-4-8-17(14,16(20)21)25(22,23)13-5-2-1-3-6-13/h1-3,5-6,14H,4,7-12H2,(H,20,21)/t14-,17-/m1/s1. The summed E-state index contributed by atoms with van der Waals surface area (Å²) in [5, 5.41) is 9.90. The molecule has 1 saturated heterocycles. The molecule has 1 amide bonds. The van der Waals surface area contributed by atoms with Gasteiger partial charge < -0.3 is 14.7 Å². The Labute approximate surface area is 146 Å². The van der Waals surface area contributed by atoms with E-state index in [0.29, 0.717) is 32.7 Å². The third kappa shape index (κ3) is 2.83. The molecule has 0 spiro atoms. The van der Waals surface area contributed by atoms with E-state index >= 15 is 0 Å². The van der Waals surface area contributed by atoms with Crippen molar-refractivity contribution < 1.29 is 27.9 Å². The molecule has 25 heavy (non-hydrogen) atoms. The number of carboxylic acids is 1. The van der Waals surface area contributed by atoms with Gasteiger partial charge in [-0.3, -0.25) is 9.59 Å². The van der Waals surface area contributed by atoms with E-state index in [9.17, 15) is 23.1 Å². The van der Waals surface area contributed by atoms with E-state index in [-0.39, 0.29) is 17.7 Å². The predicted molar refractivity (Wildman–Crippen MR) is 88.7 cm³/mol. The van der Waals surface area contributed by atoms with Crippen molar-refractivity contribution in [2.45, 2.75) is 28.9 Å². The summed E-state index contributed by atoms with van der Waals surface area (Å²) in [6.45, 7) is 1.47. The van der Waals surface area contributed by atoms with Gasteiger partial charge in [0.25, 0.3) is 0 Å². The Morgan fingerprint density at radius 1 is 1.16 bits per heavy atom. The van der Waals surface area contributed by atoms with Crippen LogP contribution in [0.4, 0.5) is 0 Å². The Morgan fingerprint density at radius 2 is 1.80 bits per heavy atom. The van der Waals surface area contributed by atoms with Crippen LogP contribution in [0.15, 0.2) is 35.2 Å². The first-order valence-electron chi connectivity index (χ1n) is 8.31. The Hall–Kier alpha value is -1.93. The van der Waals surface area contributed by atoms with Gasteiger partial charge in [-0.05, 0) is 25.0 Å². The number of carbonyl (C=O) groups excluding carboxylic acids is 1. The smallest absolute Gasteiger partial charge is 0.326 e. The molecule has 1 aromatic carbocycles. The SMILES string of the molecule is O=C([C@H]1CCC[C@@]1(C(=O)O)S(=O)(=O)c1ccccc1)N1CCOCC1. The second-order valence-electron chi connectivity index (χ2n) is 6.39. The number of nitrogens with zero attached hydrogens (tertiary/aromatic N) is 1. The Morgan fingerprint density at radius 3 is 2.40 bits per heavy atom. The first-order chi connectivity index (χ1) is 11.9. The summed E-state index contributed by atoms with van der Waals surface area (Å²) in [4.78, 5) is 26.6. The molecule has 2 atom stereocenters. The summed E-state index contributed by atoms with van der Waals surface area (Å²) in [6, 6.07) is 7.53. The highest BCUT2D eigenvalue weighted by Gasteiger charge is 2.62. The van der Waals surface area contributed by atoms with Crippen LogP contribution in [0.3, 0.4) is 0 Å². The Balaban J connectivity index is 2.04. The fraction of sp³-hybridized carbons (Fsp3) is 0.529. The van der Waals surface area contributed by atoms with Crippen LogP contribution in [0.25, 0.3) is 0 Å². The summed E-state index contributed by atoms with van der Waals surface area (Å²) in [5.41, 5.74) is 0. The molecule has 1 aliphatic carbocycles. The van der Waals surface area contributed by atoms with Crippen LogP contribution in [0.2, 0.25) is 0 Å². The maximum absolute atomic E-state index is 13.2. The molecule has 2 fully saturated rings. The molecule has 3 rings (SSSR count). The zero-order valence-electron chi connectivity index (χ0n) is 13.8. The number of morpholine rings is 1. The van der Waals surface area contributed by atoms with Gasteiger partial charge in [-0.1, -0.05) is 24.6 Å². The maximum Gasteiger partial charge on any atom is 0.326 e. The number of benzene rings is 1. The van der Waals surface area contributed by atoms with Crippen molar-refractivity contribution in [3.05, 3.63) is 30.3 Å².